The predicted octanol–water partition coefficient (Wildman–Crippen LogP) is 1.34. The van der Waals surface area contributed by atoms with Crippen molar-refractivity contribution in [3.8, 4) is 0 Å². The Labute approximate surface area is 105 Å². The molecule has 0 saturated heterocycles. The molecule has 10 heteroatoms. The lowest BCUT2D eigenvalue weighted by molar-refractivity contribution is -0.384. The minimum absolute atomic E-state index is 0.00227. The third-order valence-corrected chi connectivity index (χ3v) is 2.10. The lowest BCUT2D eigenvalue weighted by Gasteiger charge is -2.02. The lowest BCUT2D eigenvalue weighted by atomic mass is 10.4. The minimum Gasteiger partial charge on any atom is -0.357 e. The van der Waals surface area contributed by atoms with Crippen molar-refractivity contribution in [3.05, 3.63) is 33.3 Å². The predicted molar refractivity (Wildman–Crippen MR) is 60.1 cm³/mol. The van der Waals surface area contributed by atoms with Gasteiger partial charge in [-0.15, -0.1) is 0 Å². The summed E-state index contributed by atoms with van der Waals surface area (Å²) in [5, 5.41) is 17.0. The van der Waals surface area contributed by atoms with Crippen molar-refractivity contribution in [3.63, 3.8) is 0 Å². The van der Waals surface area contributed by atoms with Crippen LogP contribution >= 0.6 is 11.6 Å². The zero-order valence-corrected chi connectivity index (χ0v) is 9.88. The molecular formula is C8H7ClN6O3. The molecule has 0 aliphatic rings. The van der Waals surface area contributed by atoms with Crippen LogP contribution in [0.2, 0.25) is 5.28 Å². The molecule has 2 rings (SSSR count). The van der Waals surface area contributed by atoms with Gasteiger partial charge in [0.1, 0.15) is 6.20 Å². The van der Waals surface area contributed by atoms with Gasteiger partial charge in [-0.05, 0) is 11.6 Å². The van der Waals surface area contributed by atoms with Crippen molar-refractivity contribution in [1.82, 2.24) is 20.1 Å². The van der Waals surface area contributed by atoms with E-state index in [0.29, 0.717) is 11.7 Å². The molecule has 0 aliphatic carbocycles. The molecule has 0 aromatic carbocycles. The fourth-order valence-electron chi connectivity index (χ4n) is 1.19. The van der Waals surface area contributed by atoms with E-state index in [1.165, 1.54) is 0 Å². The topological polar surface area (TPSA) is 120 Å². The summed E-state index contributed by atoms with van der Waals surface area (Å²) < 4.78 is 4.76. The van der Waals surface area contributed by atoms with Gasteiger partial charge in [-0.25, -0.2) is 4.98 Å². The lowest BCUT2D eigenvalue weighted by Crippen LogP contribution is -2.06. The third-order valence-electron chi connectivity index (χ3n) is 1.92. The van der Waals surface area contributed by atoms with E-state index in [0.717, 1.165) is 6.20 Å². The second kappa shape index (κ2) is 4.92. The molecule has 0 aliphatic heterocycles. The Morgan fingerprint density at radius 2 is 2.33 bits per heavy atom. The van der Waals surface area contributed by atoms with Crippen molar-refractivity contribution in [2.24, 2.45) is 0 Å². The number of halogens is 1. The molecule has 0 amide bonds. The van der Waals surface area contributed by atoms with Crippen LogP contribution in [0.1, 0.15) is 11.7 Å². The molecule has 9 nitrogen and oxygen atoms in total. The molecule has 2 heterocycles. The first-order valence-corrected chi connectivity index (χ1v) is 5.14. The molecule has 0 saturated carbocycles. The monoisotopic (exact) mass is 270 g/mol. The molecular weight excluding hydrogens is 264 g/mol. The van der Waals surface area contributed by atoms with Crippen LogP contribution in [0.5, 0.6) is 0 Å². The van der Waals surface area contributed by atoms with Crippen LogP contribution in [0.15, 0.2) is 10.7 Å². The van der Waals surface area contributed by atoms with E-state index in [1.54, 1.807) is 6.92 Å². The Morgan fingerprint density at radius 3 is 2.94 bits per heavy atom. The molecule has 0 radical (unpaired) electrons. The highest BCUT2D eigenvalue weighted by Crippen LogP contribution is 2.22. The fraction of sp³-hybridized carbons (Fsp3) is 0.250. The number of hydrogen-bond donors (Lipinski definition) is 1. The van der Waals surface area contributed by atoms with Crippen molar-refractivity contribution in [2.45, 2.75) is 13.5 Å². The second-order valence-electron chi connectivity index (χ2n) is 3.21. The summed E-state index contributed by atoms with van der Waals surface area (Å²) in [6, 6.07) is 0. The van der Waals surface area contributed by atoms with Crippen molar-refractivity contribution >= 4 is 23.1 Å². The van der Waals surface area contributed by atoms with Gasteiger partial charge in [0.15, 0.2) is 5.82 Å². The maximum atomic E-state index is 10.7. The molecule has 94 valence electrons. The zero-order valence-electron chi connectivity index (χ0n) is 9.12. The molecule has 2 aromatic heterocycles. The van der Waals surface area contributed by atoms with E-state index in [-0.39, 0.29) is 23.3 Å². The first-order valence-electron chi connectivity index (χ1n) is 4.76. The Morgan fingerprint density at radius 1 is 1.56 bits per heavy atom. The second-order valence-corrected chi connectivity index (χ2v) is 3.55. The average Bonchev–Trinajstić information content (AvgIpc) is 2.72. The number of aryl methyl sites for hydroxylation is 1. The summed E-state index contributed by atoms with van der Waals surface area (Å²) in [7, 11) is 0. The van der Waals surface area contributed by atoms with E-state index in [9.17, 15) is 10.1 Å². The number of nitrogens with zero attached hydrogens (tertiary/aromatic N) is 5. The van der Waals surface area contributed by atoms with E-state index in [4.69, 9.17) is 16.1 Å². The Bertz CT molecular complexity index is 586. The molecule has 18 heavy (non-hydrogen) atoms. The summed E-state index contributed by atoms with van der Waals surface area (Å²) in [6.07, 6.45) is 1.03. The van der Waals surface area contributed by atoms with Gasteiger partial charge < -0.3 is 9.84 Å². The summed E-state index contributed by atoms with van der Waals surface area (Å²) >= 11 is 5.57. The quantitative estimate of drug-likeness (QED) is 0.502. The van der Waals surface area contributed by atoms with Crippen molar-refractivity contribution in [1.29, 1.82) is 0 Å². The molecule has 1 N–H and O–H groups in total. The maximum Gasteiger partial charge on any atom is 0.329 e. The van der Waals surface area contributed by atoms with Crippen molar-refractivity contribution in [2.75, 3.05) is 5.32 Å². The van der Waals surface area contributed by atoms with Crippen LogP contribution in [0, 0.1) is 17.0 Å². The smallest absolute Gasteiger partial charge is 0.329 e. The van der Waals surface area contributed by atoms with Gasteiger partial charge in [-0.1, -0.05) is 5.16 Å². The number of aromatic nitrogens is 4. The van der Waals surface area contributed by atoms with E-state index in [2.05, 4.69) is 25.4 Å². The summed E-state index contributed by atoms with van der Waals surface area (Å²) in [5.74, 6) is 0.765. The van der Waals surface area contributed by atoms with Crippen LogP contribution in [0.4, 0.5) is 11.5 Å². The third kappa shape index (κ3) is 2.69. The molecule has 0 fully saturated rings. The van der Waals surface area contributed by atoms with Crippen LogP contribution in [0.3, 0.4) is 0 Å². The largest absolute Gasteiger partial charge is 0.357 e. The van der Waals surface area contributed by atoms with Gasteiger partial charge in [0, 0.05) is 6.92 Å². The molecule has 0 atom stereocenters. The SMILES string of the molecule is Cc1nc(CNc2nc(Cl)ncc2[N+](=O)[O-])no1. The number of rotatable bonds is 4. The first-order chi connectivity index (χ1) is 8.56. The van der Waals surface area contributed by atoms with Crippen LogP contribution in [-0.4, -0.2) is 25.0 Å². The van der Waals surface area contributed by atoms with Crippen molar-refractivity contribution < 1.29 is 9.45 Å². The van der Waals surface area contributed by atoms with E-state index >= 15 is 0 Å². The van der Waals surface area contributed by atoms with Gasteiger partial charge in [0.2, 0.25) is 17.0 Å². The highest BCUT2D eigenvalue weighted by molar-refractivity contribution is 6.28. The zero-order chi connectivity index (χ0) is 13.1. The average molecular weight is 271 g/mol. The Kier molecular flexibility index (Phi) is 3.33. The number of hydrogen-bond acceptors (Lipinski definition) is 8. The molecule has 0 unspecified atom stereocenters. The minimum atomic E-state index is -0.611. The summed E-state index contributed by atoms with van der Waals surface area (Å²) in [6.45, 7) is 1.77. The number of anilines is 1. The maximum absolute atomic E-state index is 10.7. The summed E-state index contributed by atoms with van der Waals surface area (Å²) in [4.78, 5) is 21.3. The normalized spacial score (nSPS) is 10.3. The van der Waals surface area contributed by atoms with Gasteiger partial charge in [0.25, 0.3) is 0 Å². The molecule has 0 spiro atoms. The molecule has 0 bridgehead atoms. The van der Waals surface area contributed by atoms with Gasteiger partial charge in [0.05, 0.1) is 11.5 Å². The number of nitro groups is 1. The fourth-order valence-corrected chi connectivity index (χ4v) is 1.33. The number of nitrogens with one attached hydrogen (secondary N) is 1. The van der Waals surface area contributed by atoms with Gasteiger partial charge >= 0.3 is 5.69 Å². The van der Waals surface area contributed by atoms with Gasteiger partial charge in [-0.3, -0.25) is 10.1 Å². The molecule has 2 aromatic rings. The van der Waals surface area contributed by atoms with E-state index < -0.39 is 4.92 Å². The van der Waals surface area contributed by atoms with Gasteiger partial charge in [-0.2, -0.15) is 9.97 Å². The summed E-state index contributed by atoms with van der Waals surface area (Å²) in [5.41, 5.74) is -0.278. The highest BCUT2D eigenvalue weighted by atomic mass is 35.5. The first kappa shape index (κ1) is 12.2. The van der Waals surface area contributed by atoms with Crippen LogP contribution in [-0.2, 0) is 6.54 Å². The highest BCUT2D eigenvalue weighted by Gasteiger charge is 2.17. The van der Waals surface area contributed by atoms with Crippen LogP contribution < -0.4 is 5.32 Å². The Balaban J connectivity index is 2.17. The standard InChI is InChI=1S/C8H7ClN6O3/c1-4-12-6(14-18-4)3-10-7-5(15(16)17)2-11-8(9)13-7/h2H,3H2,1H3,(H,10,11,13). The van der Waals surface area contributed by atoms with E-state index in [1.807, 2.05) is 0 Å². The Hall–Kier alpha value is -2.29. The van der Waals surface area contributed by atoms with Crippen LogP contribution in [0.25, 0.3) is 0 Å².